The van der Waals surface area contributed by atoms with Gasteiger partial charge in [-0.1, -0.05) is 6.07 Å². The predicted molar refractivity (Wildman–Crippen MR) is 75.4 cm³/mol. The standard InChI is InChI=1S/C13H21FN2S/c1-10(15)9-11-12(14)5-4-6-13(11)16(2)7-8-17-3/h4-6,10H,7-9,15H2,1-3H3. The number of hydrogen-bond donors (Lipinski definition) is 1. The monoisotopic (exact) mass is 256 g/mol. The second-order valence-corrected chi connectivity index (χ2v) is 5.32. The zero-order chi connectivity index (χ0) is 12.8. The molecule has 0 aliphatic heterocycles. The molecule has 0 amide bonds. The van der Waals surface area contributed by atoms with Crippen molar-refractivity contribution in [3.8, 4) is 0 Å². The molecule has 0 heterocycles. The van der Waals surface area contributed by atoms with E-state index in [2.05, 4.69) is 11.2 Å². The third-order valence-corrected chi connectivity index (χ3v) is 3.25. The van der Waals surface area contributed by atoms with Crippen molar-refractivity contribution in [1.82, 2.24) is 0 Å². The van der Waals surface area contributed by atoms with E-state index in [4.69, 9.17) is 5.73 Å². The van der Waals surface area contributed by atoms with E-state index in [1.807, 2.05) is 20.0 Å². The summed E-state index contributed by atoms with van der Waals surface area (Å²) in [5.41, 5.74) is 7.46. The maximum atomic E-state index is 13.8. The summed E-state index contributed by atoms with van der Waals surface area (Å²) in [6.45, 7) is 2.81. The van der Waals surface area contributed by atoms with Crippen LogP contribution in [0.2, 0.25) is 0 Å². The lowest BCUT2D eigenvalue weighted by atomic mass is 10.0. The van der Waals surface area contributed by atoms with Gasteiger partial charge in [-0.3, -0.25) is 0 Å². The molecule has 0 radical (unpaired) electrons. The summed E-state index contributed by atoms with van der Waals surface area (Å²) in [6, 6.07) is 5.19. The highest BCUT2D eigenvalue weighted by molar-refractivity contribution is 7.98. The zero-order valence-corrected chi connectivity index (χ0v) is 11.6. The first-order chi connectivity index (χ1) is 8.06. The van der Waals surface area contributed by atoms with Crippen LogP contribution in [-0.2, 0) is 6.42 Å². The molecule has 0 aromatic heterocycles. The minimum Gasteiger partial charge on any atom is -0.373 e. The SMILES string of the molecule is CSCCN(C)c1cccc(F)c1CC(C)N. The Kier molecular flexibility index (Phi) is 5.78. The lowest BCUT2D eigenvalue weighted by molar-refractivity contribution is 0.595. The number of halogens is 1. The molecular weight excluding hydrogens is 235 g/mol. The molecule has 4 heteroatoms. The van der Waals surface area contributed by atoms with Gasteiger partial charge in [0.2, 0.25) is 0 Å². The average molecular weight is 256 g/mol. The summed E-state index contributed by atoms with van der Waals surface area (Å²) < 4.78 is 13.8. The molecule has 0 fully saturated rings. The predicted octanol–water partition coefficient (Wildman–Crippen LogP) is 2.51. The van der Waals surface area contributed by atoms with Gasteiger partial charge in [0.15, 0.2) is 0 Å². The summed E-state index contributed by atoms with van der Waals surface area (Å²) in [5.74, 6) is 0.876. The number of rotatable bonds is 6. The Morgan fingerprint density at radius 3 is 2.76 bits per heavy atom. The summed E-state index contributed by atoms with van der Waals surface area (Å²) in [5, 5.41) is 0. The molecule has 0 aliphatic carbocycles. The third kappa shape index (κ3) is 4.21. The Labute approximate surface area is 107 Å². The normalized spacial score (nSPS) is 12.5. The molecule has 1 aromatic carbocycles. The Morgan fingerprint density at radius 1 is 1.47 bits per heavy atom. The molecule has 1 atom stereocenters. The maximum Gasteiger partial charge on any atom is 0.128 e. The summed E-state index contributed by atoms with van der Waals surface area (Å²) in [6.07, 6.45) is 2.65. The third-order valence-electron chi connectivity index (χ3n) is 2.66. The highest BCUT2D eigenvalue weighted by Gasteiger charge is 2.13. The molecule has 0 aliphatic rings. The molecule has 0 saturated heterocycles. The number of thioether (sulfide) groups is 1. The molecule has 1 rings (SSSR count). The van der Waals surface area contributed by atoms with Gasteiger partial charge in [0.1, 0.15) is 5.82 Å². The van der Waals surface area contributed by atoms with Gasteiger partial charge in [0, 0.05) is 36.6 Å². The molecule has 2 nitrogen and oxygen atoms in total. The molecule has 0 spiro atoms. The highest BCUT2D eigenvalue weighted by Crippen LogP contribution is 2.23. The minimum absolute atomic E-state index is 0.0281. The Morgan fingerprint density at radius 2 is 2.18 bits per heavy atom. The smallest absolute Gasteiger partial charge is 0.128 e. The minimum atomic E-state index is -0.157. The van der Waals surface area contributed by atoms with Gasteiger partial charge in [-0.2, -0.15) is 11.8 Å². The first-order valence-corrected chi connectivity index (χ1v) is 7.18. The van der Waals surface area contributed by atoms with Crippen molar-refractivity contribution < 1.29 is 4.39 Å². The molecule has 1 unspecified atom stereocenters. The highest BCUT2D eigenvalue weighted by atomic mass is 32.2. The van der Waals surface area contributed by atoms with E-state index in [1.165, 1.54) is 6.07 Å². The zero-order valence-electron chi connectivity index (χ0n) is 10.7. The van der Waals surface area contributed by atoms with Gasteiger partial charge in [-0.15, -0.1) is 0 Å². The van der Waals surface area contributed by atoms with Crippen LogP contribution in [0, 0.1) is 5.82 Å². The van der Waals surface area contributed by atoms with Crippen LogP contribution >= 0.6 is 11.8 Å². The van der Waals surface area contributed by atoms with Gasteiger partial charge in [0.05, 0.1) is 0 Å². The lowest BCUT2D eigenvalue weighted by Crippen LogP contribution is -2.25. The van der Waals surface area contributed by atoms with Crippen molar-refractivity contribution in [1.29, 1.82) is 0 Å². The van der Waals surface area contributed by atoms with E-state index < -0.39 is 0 Å². The van der Waals surface area contributed by atoms with E-state index in [1.54, 1.807) is 17.8 Å². The van der Waals surface area contributed by atoms with Gasteiger partial charge >= 0.3 is 0 Å². The molecular formula is C13H21FN2S. The van der Waals surface area contributed by atoms with Crippen LogP contribution in [0.3, 0.4) is 0 Å². The van der Waals surface area contributed by atoms with E-state index in [9.17, 15) is 4.39 Å². The van der Waals surface area contributed by atoms with Crippen LogP contribution < -0.4 is 10.6 Å². The molecule has 17 heavy (non-hydrogen) atoms. The molecule has 0 saturated carbocycles. The summed E-state index contributed by atoms with van der Waals surface area (Å²) in [7, 11) is 2.00. The lowest BCUT2D eigenvalue weighted by Gasteiger charge is -2.23. The second-order valence-electron chi connectivity index (χ2n) is 4.33. The van der Waals surface area contributed by atoms with Crippen LogP contribution in [0.15, 0.2) is 18.2 Å². The van der Waals surface area contributed by atoms with E-state index >= 15 is 0 Å². The molecule has 0 bridgehead atoms. The van der Waals surface area contributed by atoms with Crippen molar-refractivity contribution in [3.05, 3.63) is 29.6 Å². The quantitative estimate of drug-likeness (QED) is 0.848. The average Bonchev–Trinajstić information content (AvgIpc) is 2.28. The van der Waals surface area contributed by atoms with Gasteiger partial charge in [0.25, 0.3) is 0 Å². The van der Waals surface area contributed by atoms with E-state index in [-0.39, 0.29) is 11.9 Å². The molecule has 96 valence electrons. The van der Waals surface area contributed by atoms with Crippen LogP contribution in [0.25, 0.3) is 0 Å². The van der Waals surface area contributed by atoms with Gasteiger partial charge < -0.3 is 10.6 Å². The van der Waals surface area contributed by atoms with Crippen molar-refractivity contribution in [2.24, 2.45) is 5.73 Å². The van der Waals surface area contributed by atoms with Crippen LogP contribution in [0.5, 0.6) is 0 Å². The van der Waals surface area contributed by atoms with Crippen LogP contribution in [0.1, 0.15) is 12.5 Å². The molecule has 1 aromatic rings. The Hall–Kier alpha value is -0.740. The number of nitrogens with two attached hydrogens (primary N) is 1. The topological polar surface area (TPSA) is 29.3 Å². The Bertz CT molecular complexity index is 355. The maximum absolute atomic E-state index is 13.8. The summed E-state index contributed by atoms with van der Waals surface area (Å²) in [4.78, 5) is 2.09. The number of hydrogen-bond acceptors (Lipinski definition) is 3. The number of anilines is 1. The van der Waals surface area contributed by atoms with Gasteiger partial charge in [-0.05, 0) is 31.7 Å². The fraction of sp³-hybridized carbons (Fsp3) is 0.538. The van der Waals surface area contributed by atoms with Crippen LogP contribution in [-0.4, -0.2) is 31.6 Å². The Balaban J connectivity index is 2.92. The second kappa shape index (κ2) is 6.87. The number of benzene rings is 1. The van der Waals surface area contributed by atoms with E-state index in [0.717, 1.165) is 23.5 Å². The molecule has 2 N–H and O–H groups in total. The van der Waals surface area contributed by atoms with E-state index in [0.29, 0.717) is 6.42 Å². The summed E-state index contributed by atoms with van der Waals surface area (Å²) >= 11 is 1.79. The van der Waals surface area contributed by atoms with Crippen molar-refractivity contribution in [3.63, 3.8) is 0 Å². The fourth-order valence-electron chi connectivity index (χ4n) is 1.78. The number of nitrogens with zero attached hydrogens (tertiary/aromatic N) is 1. The largest absolute Gasteiger partial charge is 0.373 e. The van der Waals surface area contributed by atoms with Crippen molar-refractivity contribution >= 4 is 17.4 Å². The van der Waals surface area contributed by atoms with Gasteiger partial charge in [-0.25, -0.2) is 4.39 Å². The fourth-order valence-corrected chi connectivity index (χ4v) is 2.23. The first kappa shape index (κ1) is 14.3. The first-order valence-electron chi connectivity index (χ1n) is 5.79. The van der Waals surface area contributed by atoms with Crippen molar-refractivity contribution in [2.45, 2.75) is 19.4 Å². The van der Waals surface area contributed by atoms with Crippen LogP contribution in [0.4, 0.5) is 10.1 Å². The van der Waals surface area contributed by atoms with Crippen molar-refractivity contribution in [2.75, 3.05) is 30.5 Å².